The maximum absolute atomic E-state index is 11.8. The molecule has 1 heterocycles. The summed E-state index contributed by atoms with van der Waals surface area (Å²) < 4.78 is 0. The number of nitrogens with two attached hydrogens (primary N) is 1. The Kier molecular flexibility index (Phi) is 5.48. The smallest absolute Gasteiger partial charge is 0.225 e. The van der Waals surface area contributed by atoms with Crippen molar-refractivity contribution in [3.63, 3.8) is 0 Å². The first kappa shape index (κ1) is 15.1. The topological polar surface area (TPSA) is 69.8 Å². The number of hydrogen-bond acceptors (Lipinski definition) is 4. The van der Waals surface area contributed by atoms with Crippen molar-refractivity contribution in [3.8, 4) is 0 Å². The van der Waals surface area contributed by atoms with E-state index in [1.165, 1.54) is 12.2 Å². The first-order valence-electron chi connectivity index (χ1n) is 6.47. The summed E-state index contributed by atoms with van der Waals surface area (Å²) in [5.41, 5.74) is 6.25. The summed E-state index contributed by atoms with van der Waals surface area (Å²) >= 11 is 0. The molecule has 19 heavy (non-hydrogen) atoms. The second-order valence-corrected chi connectivity index (χ2v) is 4.92. The second kappa shape index (κ2) is 6.87. The minimum absolute atomic E-state index is 0.0413. The maximum atomic E-state index is 11.8. The largest absolute Gasteiger partial charge is 0.508 e. The number of hydrogen-bond donors (Lipinski definition) is 2. The molecule has 0 aromatic heterocycles. The molecular weight excluding hydrogens is 242 g/mol. The number of carbonyl (C=O) groups is 1. The van der Waals surface area contributed by atoms with Crippen molar-refractivity contribution in [3.05, 3.63) is 36.4 Å². The molecule has 0 aromatic carbocycles. The zero-order valence-electron chi connectivity index (χ0n) is 11.7. The number of carbonyl (C=O) groups excluding carboxylic acids is 1. The van der Waals surface area contributed by atoms with Gasteiger partial charge in [-0.1, -0.05) is 20.4 Å². The normalized spacial score (nSPS) is 17.8. The first-order valence-corrected chi connectivity index (χ1v) is 6.47. The molecule has 5 nitrogen and oxygen atoms in total. The maximum Gasteiger partial charge on any atom is 0.225 e. The molecule has 0 saturated carbocycles. The van der Waals surface area contributed by atoms with Crippen LogP contribution >= 0.6 is 0 Å². The van der Waals surface area contributed by atoms with Crippen molar-refractivity contribution < 1.29 is 9.90 Å². The summed E-state index contributed by atoms with van der Waals surface area (Å²) in [5, 5.41) is 9.28. The third kappa shape index (κ3) is 4.69. The van der Waals surface area contributed by atoms with Gasteiger partial charge >= 0.3 is 0 Å². The second-order valence-electron chi connectivity index (χ2n) is 4.92. The molecule has 3 N–H and O–H groups in total. The van der Waals surface area contributed by atoms with Crippen molar-refractivity contribution in [2.45, 2.75) is 13.8 Å². The highest BCUT2D eigenvalue weighted by atomic mass is 16.3. The van der Waals surface area contributed by atoms with Gasteiger partial charge in [-0.15, -0.1) is 0 Å². The van der Waals surface area contributed by atoms with E-state index < -0.39 is 0 Å². The molecule has 0 aromatic rings. The molecule has 0 spiro atoms. The van der Waals surface area contributed by atoms with Crippen LogP contribution < -0.4 is 5.73 Å². The lowest BCUT2D eigenvalue weighted by atomic mass is 10.1. The molecule has 0 aliphatic carbocycles. The summed E-state index contributed by atoms with van der Waals surface area (Å²) in [4.78, 5) is 15.7. The Morgan fingerprint density at radius 3 is 2.37 bits per heavy atom. The Bertz CT molecular complexity index is 391. The number of allylic oxidation sites excluding steroid dienone is 2. The van der Waals surface area contributed by atoms with E-state index in [2.05, 4.69) is 6.58 Å². The van der Waals surface area contributed by atoms with Crippen molar-refractivity contribution in [2.75, 3.05) is 26.2 Å². The summed E-state index contributed by atoms with van der Waals surface area (Å²) in [6, 6.07) is 0. The zero-order valence-corrected chi connectivity index (χ0v) is 11.7. The van der Waals surface area contributed by atoms with Crippen LogP contribution in [-0.4, -0.2) is 47.0 Å². The fourth-order valence-electron chi connectivity index (χ4n) is 1.91. The van der Waals surface area contributed by atoms with Crippen LogP contribution in [0.2, 0.25) is 0 Å². The zero-order chi connectivity index (χ0) is 14.4. The molecule has 0 atom stereocenters. The van der Waals surface area contributed by atoms with Crippen molar-refractivity contribution >= 4 is 5.91 Å². The molecule has 1 rings (SSSR count). The minimum Gasteiger partial charge on any atom is -0.508 e. The lowest BCUT2D eigenvalue weighted by molar-refractivity contribution is -0.135. The highest BCUT2D eigenvalue weighted by Gasteiger charge is 2.21. The fourth-order valence-corrected chi connectivity index (χ4v) is 1.91. The molecule has 1 aliphatic heterocycles. The Morgan fingerprint density at radius 1 is 1.32 bits per heavy atom. The fraction of sp³-hybridized carbons (Fsp3) is 0.500. The van der Waals surface area contributed by atoms with Crippen LogP contribution in [-0.2, 0) is 4.79 Å². The third-order valence-corrected chi connectivity index (χ3v) is 2.98. The lowest BCUT2D eigenvalue weighted by Crippen LogP contribution is -2.48. The van der Waals surface area contributed by atoms with E-state index in [4.69, 9.17) is 5.73 Å². The average molecular weight is 265 g/mol. The van der Waals surface area contributed by atoms with Crippen molar-refractivity contribution in [2.24, 2.45) is 11.7 Å². The summed E-state index contributed by atoms with van der Waals surface area (Å²) in [6.07, 6.45) is 4.58. The minimum atomic E-state index is 0.0413. The van der Waals surface area contributed by atoms with Gasteiger partial charge in [-0.25, -0.2) is 0 Å². The summed E-state index contributed by atoms with van der Waals surface area (Å²) in [5.74, 6) is 0.280. The quantitative estimate of drug-likeness (QED) is 0.592. The highest BCUT2D eigenvalue weighted by molar-refractivity contribution is 5.78. The van der Waals surface area contributed by atoms with E-state index >= 15 is 0 Å². The molecular formula is C14H23N3O2. The molecule has 1 aliphatic rings. The Balaban J connectivity index is 2.53. The standard InChI is InChI=1S/C14H23N3O2/c1-4-13(18)9-12(15)10-16-5-7-17(8-6-16)14(19)11(2)3/h4,9-11,18H,1,5-8,15H2,2-3H3/b12-10-,13-9+. The Hall–Kier alpha value is -1.91. The summed E-state index contributed by atoms with van der Waals surface area (Å²) in [6.45, 7) is 10.2. The van der Waals surface area contributed by atoms with Crippen molar-refractivity contribution in [1.29, 1.82) is 0 Å². The van der Waals surface area contributed by atoms with Gasteiger partial charge in [-0.2, -0.15) is 0 Å². The number of piperazine rings is 1. The Labute approximate surface area is 114 Å². The third-order valence-electron chi connectivity index (χ3n) is 2.98. The predicted octanol–water partition coefficient (Wildman–Crippen LogP) is 1.21. The van der Waals surface area contributed by atoms with Crippen LogP contribution in [0, 0.1) is 5.92 Å². The SMILES string of the molecule is C=C/C(O)=C\C(N)=C\N1CCN(C(=O)C(C)C)CC1. The predicted molar refractivity (Wildman–Crippen MR) is 76.2 cm³/mol. The van der Waals surface area contributed by atoms with Gasteiger partial charge in [-0.05, 0) is 6.08 Å². The van der Waals surface area contributed by atoms with Crippen LogP contribution in [0.25, 0.3) is 0 Å². The molecule has 106 valence electrons. The molecule has 0 radical (unpaired) electrons. The van der Waals surface area contributed by atoms with Gasteiger partial charge in [-0.3, -0.25) is 4.79 Å². The van der Waals surface area contributed by atoms with Crippen LogP contribution in [0.5, 0.6) is 0 Å². The monoisotopic (exact) mass is 265 g/mol. The van der Waals surface area contributed by atoms with Crippen LogP contribution in [0.4, 0.5) is 0 Å². The van der Waals surface area contributed by atoms with Gasteiger partial charge in [0.15, 0.2) is 0 Å². The molecule has 1 amide bonds. The lowest BCUT2D eigenvalue weighted by Gasteiger charge is -2.35. The average Bonchev–Trinajstić information content (AvgIpc) is 2.38. The summed E-state index contributed by atoms with van der Waals surface area (Å²) in [7, 11) is 0. The number of aliphatic hydroxyl groups is 1. The van der Waals surface area contributed by atoms with Gasteiger partial charge in [0.05, 0.1) is 5.70 Å². The van der Waals surface area contributed by atoms with Gasteiger partial charge in [0.2, 0.25) is 5.91 Å². The van der Waals surface area contributed by atoms with Crippen LogP contribution in [0.15, 0.2) is 36.4 Å². The van der Waals surface area contributed by atoms with E-state index in [1.54, 1.807) is 6.20 Å². The number of rotatable bonds is 4. The number of nitrogens with zero attached hydrogens (tertiary/aromatic N) is 2. The molecule has 5 heteroatoms. The van der Waals surface area contributed by atoms with E-state index in [-0.39, 0.29) is 17.6 Å². The molecule has 1 saturated heterocycles. The first-order chi connectivity index (χ1) is 8.93. The van der Waals surface area contributed by atoms with E-state index in [0.717, 1.165) is 13.1 Å². The highest BCUT2D eigenvalue weighted by Crippen LogP contribution is 2.08. The van der Waals surface area contributed by atoms with Gasteiger partial charge < -0.3 is 20.6 Å². The molecule has 0 unspecified atom stereocenters. The van der Waals surface area contributed by atoms with Gasteiger partial charge in [0, 0.05) is 44.4 Å². The number of amides is 1. The van der Waals surface area contributed by atoms with Crippen molar-refractivity contribution in [1.82, 2.24) is 9.80 Å². The molecule has 0 bridgehead atoms. The van der Waals surface area contributed by atoms with E-state index in [1.807, 2.05) is 23.6 Å². The van der Waals surface area contributed by atoms with Gasteiger partial charge in [0.25, 0.3) is 0 Å². The van der Waals surface area contributed by atoms with Crippen LogP contribution in [0.3, 0.4) is 0 Å². The Morgan fingerprint density at radius 2 is 1.89 bits per heavy atom. The van der Waals surface area contributed by atoms with E-state index in [0.29, 0.717) is 18.8 Å². The molecule has 1 fully saturated rings. The van der Waals surface area contributed by atoms with Crippen LogP contribution in [0.1, 0.15) is 13.8 Å². The number of aliphatic hydroxyl groups excluding tert-OH is 1. The van der Waals surface area contributed by atoms with E-state index in [9.17, 15) is 9.90 Å². The van der Waals surface area contributed by atoms with Gasteiger partial charge in [0.1, 0.15) is 5.76 Å².